The summed E-state index contributed by atoms with van der Waals surface area (Å²) in [6, 6.07) is 0. The van der Waals surface area contributed by atoms with Crippen LogP contribution in [-0.2, 0) is 9.53 Å². The van der Waals surface area contributed by atoms with Crippen LogP contribution in [0.4, 0.5) is 0 Å². The average Bonchev–Trinajstić information content (AvgIpc) is 2.21. The van der Waals surface area contributed by atoms with Crippen molar-refractivity contribution in [3.05, 3.63) is 12.7 Å². The van der Waals surface area contributed by atoms with Crippen molar-refractivity contribution in [2.75, 3.05) is 6.54 Å². The van der Waals surface area contributed by atoms with Gasteiger partial charge in [-0.3, -0.25) is 4.90 Å². The van der Waals surface area contributed by atoms with E-state index in [-0.39, 0.29) is 23.2 Å². The SMILES string of the molecule is C=CC(=O)OC1CCC(C)(C)N(CC)C1(C)C. The maximum Gasteiger partial charge on any atom is 0.330 e. The first-order valence-electron chi connectivity index (χ1n) is 6.36. The summed E-state index contributed by atoms with van der Waals surface area (Å²) in [7, 11) is 0. The summed E-state index contributed by atoms with van der Waals surface area (Å²) in [5.41, 5.74) is 0.0322. The van der Waals surface area contributed by atoms with Gasteiger partial charge >= 0.3 is 5.97 Å². The zero-order chi connectivity index (χ0) is 13.3. The van der Waals surface area contributed by atoms with Gasteiger partial charge in [0.05, 0.1) is 5.54 Å². The first-order chi connectivity index (χ1) is 7.75. The van der Waals surface area contributed by atoms with Gasteiger partial charge in [0.25, 0.3) is 0 Å². The summed E-state index contributed by atoms with van der Waals surface area (Å²) in [4.78, 5) is 13.8. The van der Waals surface area contributed by atoms with Crippen molar-refractivity contribution in [2.45, 2.75) is 64.6 Å². The van der Waals surface area contributed by atoms with Crippen molar-refractivity contribution < 1.29 is 9.53 Å². The van der Waals surface area contributed by atoms with Gasteiger partial charge in [-0.25, -0.2) is 4.79 Å². The molecule has 98 valence electrons. The zero-order valence-electron chi connectivity index (χ0n) is 11.7. The number of nitrogens with zero attached hydrogens (tertiary/aromatic N) is 1. The number of likely N-dealkylation sites (tertiary alicyclic amines) is 1. The van der Waals surface area contributed by atoms with Gasteiger partial charge in [0.1, 0.15) is 6.10 Å². The van der Waals surface area contributed by atoms with Crippen LogP contribution >= 0.6 is 0 Å². The maximum absolute atomic E-state index is 11.4. The molecule has 0 aromatic heterocycles. The van der Waals surface area contributed by atoms with Crippen molar-refractivity contribution in [2.24, 2.45) is 0 Å². The number of likely N-dealkylation sites (N-methyl/N-ethyl adjacent to an activating group) is 1. The van der Waals surface area contributed by atoms with E-state index in [9.17, 15) is 4.79 Å². The molecule has 1 saturated heterocycles. The topological polar surface area (TPSA) is 29.5 Å². The molecule has 0 N–H and O–H groups in total. The summed E-state index contributed by atoms with van der Waals surface area (Å²) < 4.78 is 5.48. The summed E-state index contributed by atoms with van der Waals surface area (Å²) >= 11 is 0. The fourth-order valence-corrected chi connectivity index (χ4v) is 3.15. The number of piperidine rings is 1. The Bertz CT molecular complexity index is 307. The second kappa shape index (κ2) is 4.81. The summed E-state index contributed by atoms with van der Waals surface area (Å²) in [6.07, 6.45) is 3.14. The second-order valence-corrected chi connectivity index (χ2v) is 5.88. The van der Waals surface area contributed by atoms with Crippen LogP contribution in [0, 0.1) is 0 Å². The molecule has 1 aliphatic rings. The highest BCUT2D eigenvalue weighted by Crippen LogP contribution is 2.39. The van der Waals surface area contributed by atoms with Crippen LogP contribution in [0.25, 0.3) is 0 Å². The Kier molecular flexibility index (Phi) is 4.03. The standard InChI is InChI=1S/C14H25NO2/c1-7-12(16)17-11-9-10-13(3,4)15(8-2)14(11,5)6/h7,11H,1,8-10H2,2-6H3. The van der Waals surface area contributed by atoms with E-state index in [0.29, 0.717) is 0 Å². The van der Waals surface area contributed by atoms with Crippen molar-refractivity contribution in [3.8, 4) is 0 Å². The zero-order valence-corrected chi connectivity index (χ0v) is 11.7. The number of esters is 1. The third-order valence-electron chi connectivity index (χ3n) is 3.97. The number of hydrogen-bond donors (Lipinski definition) is 0. The van der Waals surface area contributed by atoms with Crippen LogP contribution in [-0.4, -0.2) is 34.6 Å². The molecule has 3 heteroatoms. The molecular weight excluding hydrogens is 214 g/mol. The second-order valence-electron chi connectivity index (χ2n) is 5.88. The van der Waals surface area contributed by atoms with Crippen LogP contribution < -0.4 is 0 Å². The molecule has 3 nitrogen and oxygen atoms in total. The number of carbonyl (C=O) groups is 1. The molecular formula is C14H25NO2. The highest BCUT2D eigenvalue weighted by atomic mass is 16.5. The maximum atomic E-state index is 11.4. The fourth-order valence-electron chi connectivity index (χ4n) is 3.15. The number of hydrogen-bond acceptors (Lipinski definition) is 3. The van der Waals surface area contributed by atoms with E-state index < -0.39 is 0 Å². The Morgan fingerprint density at radius 1 is 1.47 bits per heavy atom. The third-order valence-corrected chi connectivity index (χ3v) is 3.97. The number of carbonyl (C=O) groups excluding carboxylic acids is 1. The van der Waals surface area contributed by atoms with Crippen molar-refractivity contribution in [1.29, 1.82) is 0 Å². The molecule has 1 heterocycles. The predicted octanol–water partition coefficient (Wildman–Crippen LogP) is 2.76. The van der Waals surface area contributed by atoms with Gasteiger partial charge in [0, 0.05) is 11.6 Å². The Morgan fingerprint density at radius 2 is 2.06 bits per heavy atom. The van der Waals surface area contributed by atoms with Gasteiger partial charge in [-0.15, -0.1) is 0 Å². The highest BCUT2D eigenvalue weighted by molar-refractivity contribution is 5.81. The molecule has 0 radical (unpaired) electrons. The minimum absolute atomic E-state index is 0.0547. The highest BCUT2D eigenvalue weighted by Gasteiger charge is 2.47. The average molecular weight is 239 g/mol. The lowest BCUT2D eigenvalue weighted by Gasteiger charge is -2.55. The van der Waals surface area contributed by atoms with Crippen molar-refractivity contribution in [3.63, 3.8) is 0 Å². The molecule has 0 aromatic carbocycles. The van der Waals surface area contributed by atoms with E-state index in [0.717, 1.165) is 19.4 Å². The molecule has 0 spiro atoms. The number of rotatable bonds is 3. The molecule has 1 aliphatic heterocycles. The van der Waals surface area contributed by atoms with E-state index in [2.05, 4.69) is 46.1 Å². The normalized spacial score (nSPS) is 27.5. The van der Waals surface area contributed by atoms with Crippen molar-refractivity contribution >= 4 is 5.97 Å². The van der Waals surface area contributed by atoms with Crippen LogP contribution in [0.1, 0.15) is 47.5 Å². The molecule has 0 amide bonds. The molecule has 0 bridgehead atoms. The Balaban J connectivity index is 2.90. The van der Waals surface area contributed by atoms with Crippen LogP contribution in [0.5, 0.6) is 0 Å². The van der Waals surface area contributed by atoms with Gasteiger partial charge in [0.15, 0.2) is 0 Å². The molecule has 17 heavy (non-hydrogen) atoms. The van der Waals surface area contributed by atoms with E-state index in [1.807, 2.05) is 0 Å². The third kappa shape index (κ3) is 2.71. The molecule has 1 unspecified atom stereocenters. The fraction of sp³-hybridized carbons (Fsp3) is 0.786. The monoisotopic (exact) mass is 239 g/mol. The minimum Gasteiger partial charge on any atom is -0.457 e. The van der Waals surface area contributed by atoms with E-state index in [4.69, 9.17) is 4.74 Å². The molecule has 0 aromatic rings. The quantitative estimate of drug-likeness (QED) is 0.560. The predicted molar refractivity (Wildman–Crippen MR) is 69.8 cm³/mol. The molecule has 1 rings (SSSR count). The lowest BCUT2D eigenvalue weighted by atomic mass is 9.77. The first kappa shape index (κ1) is 14.2. The van der Waals surface area contributed by atoms with Crippen molar-refractivity contribution in [1.82, 2.24) is 4.90 Å². The van der Waals surface area contributed by atoms with Crippen LogP contribution in [0.15, 0.2) is 12.7 Å². The van der Waals surface area contributed by atoms with E-state index in [1.54, 1.807) is 0 Å². The largest absolute Gasteiger partial charge is 0.457 e. The minimum atomic E-state index is -0.321. The summed E-state index contributed by atoms with van der Waals surface area (Å²) in [6.45, 7) is 15.4. The summed E-state index contributed by atoms with van der Waals surface area (Å²) in [5.74, 6) is -0.321. The molecule has 0 saturated carbocycles. The Hall–Kier alpha value is -0.830. The van der Waals surface area contributed by atoms with E-state index >= 15 is 0 Å². The lowest BCUT2D eigenvalue weighted by molar-refractivity contribution is -0.164. The van der Waals surface area contributed by atoms with Gasteiger partial charge in [-0.1, -0.05) is 13.5 Å². The van der Waals surface area contributed by atoms with Crippen LogP contribution in [0.3, 0.4) is 0 Å². The smallest absolute Gasteiger partial charge is 0.330 e. The van der Waals surface area contributed by atoms with Gasteiger partial charge in [-0.05, 0) is 47.1 Å². The van der Waals surface area contributed by atoms with Crippen LogP contribution in [0.2, 0.25) is 0 Å². The first-order valence-corrected chi connectivity index (χ1v) is 6.36. The van der Waals surface area contributed by atoms with Gasteiger partial charge in [0.2, 0.25) is 0 Å². The van der Waals surface area contributed by atoms with Gasteiger partial charge in [-0.2, -0.15) is 0 Å². The molecule has 1 atom stereocenters. The van der Waals surface area contributed by atoms with Gasteiger partial charge < -0.3 is 4.74 Å². The Labute approximate surface area is 105 Å². The molecule has 0 aliphatic carbocycles. The Morgan fingerprint density at radius 3 is 2.53 bits per heavy atom. The lowest BCUT2D eigenvalue weighted by Crippen LogP contribution is -2.65. The number of ether oxygens (including phenoxy) is 1. The van der Waals surface area contributed by atoms with E-state index in [1.165, 1.54) is 6.08 Å². The molecule has 1 fully saturated rings. The summed E-state index contributed by atoms with van der Waals surface area (Å²) in [5, 5.41) is 0.